The molecule has 1 aliphatic rings. The zero-order chi connectivity index (χ0) is 12.7. The Hall–Kier alpha value is -0.220. The Balaban J connectivity index is 2.08. The van der Waals surface area contributed by atoms with Gasteiger partial charge in [-0.05, 0) is 49.7 Å². The van der Waals surface area contributed by atoms with Gasteiger partial charge < -0.3 is 10.6 Å². The maximum absolute atomic E-state index is 11.8. The molecule has 1 saturated heterocycles. The number of rotatable bonds is 7. The topological polar surface area (TPSA) is 41.1 Å². The van der Waals surface area contributed by atoms with Crippen molar-refractivity contribution in [2.45, 2.75) is 39.7 Å². The predicted molar refractivity (Wildman–Crippen MR) is 75.4 cm³/mol. The van der Waals surface area contributed by atoms with Crippen LogP contribution in [0.25, 0.3) is 0 Å². The molecule has 0 aromatic carbocycles. The van der Waals surface area contributed by atoms with Gasteiger partial charge in [-0.3, -0.25) is 4.79 Å². The summed E-state index contributed by atoms with van der Waals surface area (Å²) >= 11 is 2.02. The number of hydrogen-bond donors (Lipinski definition) is 2. The highest BCUT2D eigenvalue weighted by Crippen LogP contribution is 2.22. The lowest BCUT2D eigenvalue weighted by atomic mass is 10.1. The van der Waals surface area contributed by atoms with Crippen molar-refractivity contribution in [2.24, 2.45) is 11.8 Å². The van der Waals surface area contributed by atoms with Crippen molar-refractivity contribution in [3.8, 4) is 0 Å². The Morgan fingerprint density at radius 3 is 2.76 bits per heavy atom. The van der Waals surface area contributed by atoms with Crippen molar-refractivity contribution < 1.29 is 4.79 Å². The summed E-state index contributed by atoms with van der Waals surface area (Å²) in [6.45, 7) is 8.07. The second-order valence-corrected chi connectivity index (χ2v) is 6.48. The third-order valence-electron chi connectivity index (χ3n) is 3.15. The summed E-state index contributed by atoms with van der Waals surface area (Å²) in [5, 5.41) is 6.32. The van der Waals surface area contributed by atoms with Crippen molar-refractivity contribution in [2.75, 3.05) is 24.6 Å². The zero-order valence-corrected chi connectivity index (χ0v) is 12.1. The van der Waals surface area contributed by atoms with Gasteiger partial charge in [0.15, 0.2) is 0 Å². The van der Waals surface area contributed by atoms with Gasteiger partial charge in [-0.1, -0.05) is 13.8 Å². The van der Waals surface area contributed by atoms with E-state index >= 15 is 0 Å². The molecule has 2 N–H and O–H groups in total. The molecule has 0 aromatic heterocycles. The van der Waals surface area contributed by atoms with E-state index in [-0.39, 0.29) is 11.9 Å². The third-order valence-corrected chi connectivity index (χ3v) is 4.38. The number of carbonyl (C=O) groups is 1. The maximum Gasteiger partial charge on any atom is 0.236 e. The van der Waals surface area contributed by atoms with E-state index in [2.05, 4.69) is 24.5 Å². The highest BCUT2D eigenvalue weighted by Gasteiger charge is 2.18. The van der Waals surface area contributed by atoms with Gasteiger partial charge in [0.2, 0.25) is 5.91 Å². The van der Waals surface area contributed by atoms with Crippen LogP contribution in [-0.4, -0.2) is 36.5 Å². The molecule has 2 unspecified atom stereocenters. The smallest absolute Gasteiger partial charge is 0.236 e. The van der Waals surface area contributed by atoms with E-state index in [0.29, 0.717) is 5.92 Å². The average Bonchev–Trinajstić information content (AvgIpc) is 2.78. The van der Waals surface area contributed by atoms with Crippen molar-refractivity contribution in [1.82, 2.24) is 10.6 Å². The number of nitrogens with one attached hydrogen (secondary N) is 2. The minimum Gasteiger partial charge on any atom is -0.355 e. The van der Waals surface area contributed by atoms with Gasteiger partial charge in [-0.15, -0.1) is 0 Å². The molecule has 1 heterocycles. The molecule has 1 amide bonds. The van der Waals surface area contributed by atoms with Gasteiger partial charge in [0.25, 0.3) is 0 Å². The molecule has 2 atom stereocenters. The third kappa shape index (κ3) is 6.32. The van der Waals surface area contributed by atoms with E-state index in [1.54, 1.807) is 0 Å². The van der Waals surface area contributed by atoms with Crippen molar-refractivity contribution in [1.29, 1.82) is 0 Å². The Kier molecular flexibility index (Phi) is 6.97. The fourth-order valence-electron chi connectivity index (χ4n) is 1.82. The first-order valence-electron chi connectivity index (χ1n) is 6.68. The first kappa shape index (κ1) is 14.8. The van der Waals surface area contributed by atoms with Crippen LogP contribution in [0, 0.1) is 11.8 Å². The number of thioether (sulfide) groups is 1. The molecular weight excluding hydrogens is 232 g/mol. The SMILES string of the molecule is CC(C)CCNC(=O)C(C)NCC1CCSC1. The molecule has 1 fully saturated rings. The number of amides is 1. The number of carbonyl (C=O) groups excluding carboxylic acids is 1. The van der Waals surface area contributed by atoms with Gasteiger partial charge in [0.05, 0.1) is 6.04 Å². The summed E-state index contributed by atoms with van der Waals surface area (Å²) in [7, 11) is 0. The molecule has 1 rings (SSSR count). The average molecular weight is 258 g/mol. The summed E-state index contributed by atoms with van der Waals surface area (Å²) in [6.07, 6.45) is 2.34. The van der Waals surface area contributed by atoms with Crippen LogP contribution in [0.2, 0.25) is 0 Å². The Bertz CT molecular complexity index is 227. The summed E-state index contributed by atoms with van der Waals surface area (Å²) in [4.78, 5) is 11.8. The number of hydrogen-bond acceptors (Lipinski definition) is 3. The van der Waals surface area contributed by atoms with Crippen molar-refractivity contribution in [3.05, 3.63) is 0 Å². The van der Waals surface area contributed by atoms with Crippen molar-refractivity contribution in [3.63, 3.8) is 0 Å². The van der Waals surface area contributed by atoms with Crippen molar-refractivity contribution >= 4 is 17.7 Å². The first-order valence-corrected chi connectivity index (χ1v) is 7.84. The van der Waals surface area contributed by atoms with Crippen LogP contribution < -0.4 is 10.6 Å². The molecule has 3 nitrogen and oxygen atoms in total. The summed E-state index contributed by atoms with van der Waals surface area (Å²) < 4.78 is 0. The minimum absolute atomic E-state index is 0.0623. The van der Waals surface area contributed by atoms with Gasteiger partial charge in [-0.2, -0.15) is 11.8 Å². The minimum atomic E-state index is -0.0623. The maximum atomic E-state index is 11.8. The lowest BCUT2D eigenvalue weighted by Gasteiger charge is -2.17. The van der Waals surface area contributed by atoms with Crippen LogP contribution in [0.15, 0.2) is 0 Å². The molecule has 0 aliphatic carbocycles. The second kappa shape index (κ2) is 7.98. The van der Waals surface area contributed by atoms with Crippen LogP contribution in [0.1, 0.15) is 33.6 Å². The standard InChI is InChI=1S/C13H26N2OS/c1-10(2)4-6-14-13(16)11(3)15-8-12-5-7-17-9-12/h10-12,15H,4-9H2,1-3H3,(H,14,16). The van der Waals surface area contributed by atoms with Crippen LogP contribution in [0.3, 0.4) is 0 Å². The lowest BCUT2D eigenvalue weighted by Crippen LogP contribution is -2.44. The first-order chi connectivity index (χ1) is 8.09. The molecule has 4 heteroatoms. The van der Waals surface area contributed by atoms with E-state index < -0.39 is 0 Å². The second-order valence-electron chi connectivity index (χ2n) is 5.33. The molecule has 0 radical (unpaired) electrons. The van der Waals surface area contributed by atoms with Gasteiger partial charge in [-0.25, -0.2) is 0 Å². The van der Waals surface area contributed by atoms with E-state index in [4.69, 9.17) is 0 Å². The summed E-state index contributed by atoms with van der Waals surface area (Å²) in [6, 6.07) is -0.0623. The fourth-order valence-corrected chi connectivity index (χ4v) is 3.10. The Labute approximate surface area is 109 Å². The summed E-state index contributed by atoms with van der Waals surface area (Å²) in [5.41, 5.74) is 0. The molecule has 0 spiro atoms. The van der Waals surface area contributed by atoms with Crippen LogP contribution in [0.4, 0.5) is 0 Å². The highest BCUT2D eigenvalue weighted by molar-refractivity contribution is 7.99. The predicted octanol–water partition coefficient (Wildman–Crippen LogP) is 1.88. The zero-order valence-electron chi connectivity index (χ0n) is 11.3. The van der Waals surface area contributed by atoms with Crippen LogP contribution in [-0.2, 0) is 4.79 Å². The molecule has 100 valence electrons. The monoisotopic (exact) mass is 258 g/mol. The van der Waals surface area contributed by atoms with E-state index in [1.807, 2.05) is 18.7 Å². The fraction of sp³-hybridized carbons (Fsp3) is 0.923. The molecule has 0 saturated carbocycles. The quantitative estimate of drug-likeness (QED) is 0.732. The van der Waals surface area contributed by atoms with Crippen LogP contribution >= 0.6 is 11.8 Å². The summed E-state index contributed by atoms with van der Waals surface area (Å²) in [5.74, 6) is 4.06. The largest absolute Gasteiger partial charge is 0.355 e. The highest BCUT2D eigenvalue weighted by atomic mass is 32.2. The molecule has 1 aliphatic heterocycles. The molecule has 17 heavy (non-hydrogen) atoms. The van der Waals surface area contributed by atoms with E-state index in [0.717, 1.165) is 25.4 Å². The Morgan fingerprint density at radius 2 is 2.18 bits per heavy atom. The van der Waals surface area contributed by atoms with E-state index in [9.17, 15) is 4.79 Å². The van der Waals surface area contributed by atoms with Crippen LogP contribution in [0.5, 0.6) is 0 Å². The lowest BCUT2D eigenvalue weighted by molar-refractivity contribution is -0.122. The van der Waals surface area contributed by atoms with Gasteiger partial charge >= 0.3 is 0 Å². The Morgan fingerprint density at radius 1 is 1.41 bits per heavy atom. The molecule has 0 aromatic rings. The van der Waals surface area contributed by atoms with Gasteiger partial charge in [0, 0.05) is 6.54 Å². The van der Waals surface area contributed by atoms with Gasteiger partial charge in [0.1, 0.15) is 0 Å². The molecule has 0 bridgehead atoms. The normalized spacial score (nSPS) is 21.8. The molecular formula is C13H26N2OS. The van der Waals surface area contributed by atoms with E-state index in [1.165, 1.54) is 17.9 Å².